The topological polar surface area (TPSA) is 91.6 Å². The summed E-state index contributed by atoms with van der Waals surface area (Å²) in [4.78, 5) is 21.9. The fourth-order valence-corrected chi connectivity index (χ4v) is 1.64. The molecular formula is C9H11BrN2O4. The first-order valence-electron chi connectivity index (χ1n) is 4.42. The zero-order chi connectivity index (χ0) is 12.3. The number of rotatable bonds is 4. The molecule has 1 amide bonds. The van der Waals surface area contributed by atoms with Crippen molar-refractivity contribution in [3.05, 3.63) is 22.4 Å². The minimum atomic E-state index is -1.59. The van der Waals surface area contributed by atoms with Gasteiger partial charge in [-0.3, -0.25) is 4.79 Å². The maximum atomic E-state index is 11.5. The molecule has 1 heterocycles. The summed E-state index contributed by atoms with van der Waals surface area (Å²) in [5.74, 6) is -1.80. The molecule has 1 aromatic heterocycles. The molecule has 0 spiro atoms. The van der Waals surface area contributed by atoms with E-state index in [2.05, 4.69) is 21.2 Å². The van der Waals surface area contributed by atoms with Crippen LogP contribution in [0.1, 0.15) is 10.5 Å². The zero-order valence-electron chi connectivity index (χ0n) is 8.48. The van der Waals surface area contributed by atoms with Gasteiger partial charge in [0.05, 0.1) is 6.54 Å². The summed E-state index contributed by atoms with van der Waals surface area (Å²) in [7, 11) is 1.69. The summed E-state index contributed by atoms with van der Waals surface area (Å²) in [6.07, 6.45) is 0.107. The van der Waals surface area contributed by atoms with Gasteiger partial charge in [0, 0.05) is 17.7 Å². The van der Waals surface area contributed by atoms with Crippen LogP contribution in [0.5, 0.6) is 0 Å². The van der Waals surface area contributed by atoms with Gasteiger partial charge in [0.25, 0.3) is 5.91 Å². The third-order valence-electron chi connectivity index (χ3n) is 1.95. The Morgan fingerprint density at radius 1 is 1.62 bits per heavy atom. The molecule has 1 aromatic rings. The van der Waals surface area contributed by atoms with Crippen LogP contribution < -0.4 is 5.32 Å². The van der Waals surface area contributed by atoms with Gasteiger partial charge in [0.1, 0.15) is 5.69 Å². The number of hydrogen-bond acceptors (Lipinski definition) is 3. The van der Waals surface area contributed by atoms with Crippen LogP contribution in [0.4, 0.5) is 0 Å². The van der Waals surface area contributed by atoms with Gasteiger partial charge in [-0.05, 0) is 22.0 Å². The number of carbonyl (C=O) groups is 2. The fourth-order valence-electron chi connectivity index (χ4n) is 1.12. The van der Waals surface area contributed by atoms with Crippen molar-refractivity contribution in [2.24, 2.45) is 7.05 Å². The Labute approximate surface area is 100 Å². The lowest BCUT2D eigenvalue weighted by Crippen LogP contribution is -2.37. The van der Waals surface area contributed by atoms with Crippen molar-refractivity contribution in [2.45, 2.75) is 6.10 Å². The van der Waals surface area contributed by atoms with Crippen LogP contribution in [-0.4, -0.2) is 39.3 Å². The van der Waals surface area contributed by atoms with Gasteiger partial charge >= 0.3 is 5.97 Å². The van der Waals surface area contributed by atoms with Crippen LogP contribution in [0.15, 0.2) is 16.7 Å². The molecule has 0 saturated heterocycles. The van der Waals surface area contributed by atoms with Gasteiger partial charge in [0.2, 0.25) is 0 Å². The average molecular weight is 291 g/mol. The van der Waals surface area contributed by atoms with Gasteiger partial charge in [-0.15, -0.1) is 0 Å². The van der Waals surface area contributed by atoms with E-state index in [0.29, 0.717) is 5.69 Å². The Balaban J connectivity index is 2.60. The Hall–Kier alpha value is -1.34. The summed E-state index contributed by atoms with van der Waals surface area (Å²) in [6, 6.07) is 1.60. The first kappa shape index (κ1) is 12.7. The largest absolute Gasteiger partial charge is 0.479 e. The Morgan fingerprint density at radius 2 is 2.25 bits per heavy atom. The predicted octanol–water partition coefficient (Wildman–Crippen LogP) is -0.0371. The average Bonchev–Trinajstić information content (AvgIpc) is 2.53. The highest BCUT2D eigenvalue weighted by Crippen LogP contribution is 2.13. The molecule has 0 radical (unpaired) electrons. The zero-order valence-corrected chi connectivity index (χ0v) is 10.1. The van der Waals surface area contributed by atoms with Crippen LogP contribution in [0, 0.1) is 0 Å². The first-order chi connectivity index (χ1) is 7.41. The van der Waals surface area contributed by atoms with E-state index in [0.717, 1.165) is 4.47 Å². The van der Waals surface area contributed by atoms with Gasteiger partial charge in [-0.1, -0.05) is 0 Å². The minimum absolute atomic E-state index is 0.322. The number of nitrogens with one attached hydrogen (secondary N) is 1. The molecule has 7 heteroatoms. The van der Waals surface area contributed by atoms with Gasteiger partial charge in [0.15, 0.2) is 6.10 Å². The molecule has 88 valence electrons. The van der Waals surface area contributed by atoms with Crippen molar-refractivity contribution in [1.82, 2.24) is 9.88 Å². The molecule has 0 aromatic carbocycles. The Morgan fingerprint density at radius 3 is 2.69 bits per heavy atom. The van der Waals surface area contributed by atoms with Crippen molar-refractivity contribution >= 4 is 27.8 Å². The number of halogens is 1. The van der Waals surface area contributed by atoms with E-state index in [-0.39, 0.29) is 6.54 Å². The number of carboxylic acid groups (broad SMARTS) is 1. The number of amides is 1. The SMILES string of the molecule is Cn1cc(Br)cc1C(=O)NCC(O)C(=O)O. The van der Waals surface area contributed by atoms with Gasteiger partial charge in [-0.2, -0.15) is 0 Å². The number of carbonyl (C=O) groups excluding carboxylic acids is 1. The highest BCUT2D eigenvalue weighted by atomic mass is 79.9. The molecule has 0 fully saturated rings. The minimum Gasteiger partial charge on any atom is -0.479 e. The fraction of sp³-hybridized carbons (Fsp3) is 0.333. The highest BCUT2D eigenvalue weighted by Gasteiger charge is 2.16. The van der Waals surface area contributed by atoms with Crippen LogP contribution >= 0.6 is 15.9 Å². The summed E-state index contributed by atoms with van der Waals surface area (Å²) in [5.41, 5.74) is 0.379. The quantitative estimate of drug-likeness (QED) is 0.726. The normalized spacial score (nSPS) is 12.2. The first-order valence-corrected chi connectivity index (χ1v) is 5.22. The second kappa shape index (κ2) is 5.13. The number of carboxylic acids is 1. The molecule has 0 aliphatic carbocycles. The van der Waals surface area contributed by atoms with Crippen LogP contribution in [0.3, 0.4) is 0 Å². The van der Waals surface area contributed by atoms with E-state index in [1.54, 1.807) is 23.9 Å². The second-order valence-electron chi connectivity index (χ2n) is 3.22. The molecular weight excluding hydrogens is 280 g/mol. The van der Waals surface area contributed by atoms with Crippen molar-refractivity contribution in [2.75, 3.05) is 6.54 Å². The van der Waals surface area contributed by atoms with E-state index in [1.165, 1.54) is 0 Å². The lowest BCUT2D eigenvalue weighted by Gasteiger charge is -2.07. The number of nitrogens with zero attached hydrogens (tertiary/aromatic N) is 1. The molecule has 1 atom stereocenters. The van der Waals surface area contributed by atoms with Crippen molar-refractivity contribution < 1.29 is 19.8 Å². The van der Waals surface area contributed by atoms with E-state index in [9.17, 15) is 9.59 Å². The van der Waals surface area contributed by atoms with Crippen LogP contribution in [0.2, 0.25) is 0 Å². The van der Waals surface area contributed by atoms with E-state index in [4.69, 9.17) is 10.2 Å². The van der Waals surface area contributed by atoms with E-state index >= 15 is 0 Å². The number of aliphatic carboxylic acids is 1. The molecule has 0 aliphatic heterocycles. The monoisotopic (exact) mass is 290 g/mol. The summed E-state index contributed by atoms with van der Waals surface area (Å²) in [5, 5.41) is 19.7. The molecule has 1 unspecified atom stereocenters. The van der Waals surface area contributed by atoms with Gasteiger partial charge in [-0.25, -0.2) is 4.79 Å². The molecule has 0 aliphatic rings. The predicted molar refractivity (Wildman–Crippen MR) is 59.1 cm³/mol. The number of aromatic nitrogens is 1. The summed E-state index contributed by atoms with van der Waals surface area (Å²) in [6.45, 7) is -0.322. The van der Waals surface area contributed by atoms with Crippen molar-refractivity contribution in [3.63, 3.8) is 0 Å². The molecule has 16 heavy (non-hydrogen) atoms. The standard InChI is InChI=1S/C9H11BrN2O4/c1-12-4-5(10)2-6(12)8(14)11-3-7(13)9(15)16/h2,4,7,13H,3H2,1H3,(H,11,14)(H,15,16). The maximum absolute atomic E-state index is 11.5. The second-order valence-corrected chi connectivity index (χ2v) is 4.13. The van der Waals surface area contributed by atoms with E-state index in [1.807, 2.05) is 0 Å². The summed E-state index contributed by atoms with van der Waals surface area (Å²) >= 11 is 3.21. The molecule has 0 saturated carbocycles. The van der Waals surface area contributed by atoms with E-state index < -0.39 is 18.0 Å². The van der Waals surface area contributed by atoms with Crippen molar-refractivity contribution in [1.29, 1.82) is 0 Å². The third-order valence-corrected chi connectivity index (χ3v) is 2.38. The molecule has 0 bridgehead atoms. The lowest BCUT2D eigenvalue weighted by atomic mass is 10.3. The number of aliphatic hydroxyl groups excluding tert-OH is 1. The van der Waals surface area contributed by atoms with Crippen LogP contribution in [0.25, 0.3) is 0 Å². The lowest BCUT2D eigenvalue weighted by molar-refractivity contribution is -0.146. The van der Waals surface area contributed by atoms with Gasteiger partial charge < -0.3 is 20.1 Å². The third kappa shape index (κ3) is 3.07. The number of aliphatic hydroxyl groups is 1. The Bertz CT molecular complexity index is 416. The molecule has 6 nitrogen and oxygen atoms in total. The Kier molecular flexibility index (Phi) is 4.08. The maximum Gasteiger partial charge on any atom is 0.334 e. The smallest absolute Gasteiger partial charge is 0.334 e. The molecule has 1 rings (SSSR count). The highest BCUT2D eigenvalue weighted by molar-refractivity contribution is 9.10. The number of aryl methyl sites for hydroxylation is 1. The summed E-state index contributed by atoms with van der Waals surface area (Å²) < 4.78 is 2.34. The number of hydrogen-bond donors (Lipinski definition) is 3. The van der Waals surface area contributed by atoms with Crippen molar-refractivity contribution in [3.8, 4) is 0 Å². The van der Waals surface area contributed by atoms with Crippen LogP contribution in [-0.2, 0) is 11.8 Å². The molecule has 3 N–H and O–H groups in total.